The van der Waals surface area contributed by atoms with E-state index in [9.17, 15) is 14.7 Å². The Bertz CT molecular complexity index is 1150. The van der Waals surface area contributed by atoms with Gasteiger partial charge in [0.05, 0.1) is 18.6 Å². The van der Waals surface area contributed by atoms with Crippen LogP contribution in [0.4, 0.5) is 0 Å². The summed E-state index contributed by atoms with van der Waals surface area (Å²) in [6.07, 6.45) is 1.82. The number of hydrogen-bond acceptors (Lipinski definition) is 7. The highest BCUT2D eigenvalue weighted by Gasteiger charge is 2.55. The van der Waals surface area contributed by atoms with Crippen LogP contribution in [0.1, 0.15) is 38.7 Å². The number of nitrogens with zero attached hydrogens (tertiary/aromatic N) is 1. The average molecular weight is 531 g/mol. The van der Waals surface area contributed by atoms with Gasteiger partial charge in [0.25, 0.3) is 0 Å². The van der Waals surface area contributed by atoms with Crippen LogP contribution in [0, 0.1) is 0 Å². The van der Waals surface area contributed by atoms with E-state index in [2.05, 4.69) is 26.7 Å². The van der Waals surface area contributed by atoms with Gasteiger partial charge in [0.15, 0.2) is 11.7 Å². The van der Waals surface area contributed by atoms with Crippen LogP contribution in [-0.2, 0) is 30.2 Å². The Morgan fingerprint density at radius 1 is 1.18 bits per heavy atom. The fourth-order valence-electron chi connectivity index (χ4n) is 5.10. The lowest BCUT2D eigenvalue weighted by molar-refractivity contribution is -0.187. The van der Waals surface area contributed by atoms with Crippen molar-refractivity contribution in [2.75, 3.05) is 19.6 Å². The summed E-state index contributed by atoms with van der Waals surface area (Å²) in [5.74, 6) is -1.96. The van der Waals surface area contributed by atoms with Crippen molar-refractivity contribution in [1.29, 1.82) is 0 Å². The lowest BCUT2D eigenvalue weighted by Gasteiger charge is -2.25. The third kappa shape index (κ3) is 7.01. The van der Waals surface area contributed by atoms with Gasteiger partial charge in [0.1, 0.15) is 18.2 Å². The van der Waals surface area contributed by atoms with Crippen LogP contribution in [0.2, 0.25) is 0 Å². The predicted molar refractivity (Wildman–Crippen MR) is 141 cm³/mol. The first-order valence-corrected chi connectivity index (χ1v) is 13.0. The van der Waals surface area contributed by atoms with Gasteiger partial charge in [-0.1, -0.05) is 18.2 Å². The van der Waals surface area contributed by atoms with Gasteiger partial charge in [-0.15, -0.1) is 0 Å². The number of carbonyl (C=O) groups excluding carboxylic acids is 1. The van der Waals surface area contributed by atoms with Crippen LogP contribution in [-0.4, -0.2) is 83.8 Å². The lowest BCUT2D eigenvalue weighted by Crippen LogP contribution is -2.44. The summed E-state index contributed by atoms with van der Waals surface area (Å²) in [5, 5.41) is 16.8. The van der Waals surface area contributed by atoms with E-state index in [4.69, 9.17) is 25.7 Å². The van der Waals surface area contributed by atoms with Gasteiger partial charge in [0, 0.05) is 36.7 Å². The normalized spacial score (nSPS) is 24.7. The van der Waals surface area contributed by atoms with Gasteiger partial charge >= 0.3 is 5.97 Å². The number of nitrogens with two attached hydrogens (primary N) is 2. The van der Waals surface area contributed by atoms with E-state index in [1.54, 1.807) is 0 Å². The van der Waals surface area contributed by atoms with E-state index in [1.165, 1.54) is 0 Å². The summed E-state index contributed by atoms with van der Waals surface area (Å²) < 4.78 is 18.3. The third-order valence-corrected chi connectivity index (χ3v) is 6.83. The van der Waals surface area contributed by atoms with Crippen LogP contribution in [0.3, 0.4) is 0 Å². The van der Waals surface area contributed by atoms with Crippen molar-refractivity contribution in [3.8, 4) is 0 Å². The zero-order chi connectivity index (χ0) is 27.3. The second kappa shape index (κ2) is 12.1. The number of amides is 1. The molecule has 0 unspecified atom stereocenters. The maximum atomic E-state index is 12.8. The van der Waals surface area contributed by atoms with Crippen molar-refractivity contribution < 1.29 is 28.9 Å². The number of carbonyl (C=O) groups is 2. The number of ether oxygens (including phenoxy) is 3. The first kappa shape index (κ1) is 27.8. The molecular formula is C26H38N6O6. The largest absolute Gasteiger partial charge is 0.480 e. The fourth-order valence-corrected chi connectivity index (χ4v) is 5.10. The Morgan fingerprint density at radius 3 is 2.66 bits per heavy atom. The molecule has 2 fully saturated rings. The molecule has 12 heteroatoms. The van der Waals surface area contributed by atoms with E-state index in [0.717, 1.165) is 16.5 Å². The fraction of sp³-hybridized carbons (Fsp3) is 0.577. The van der Waals surface area contributed by atoms with Crippen LogP contribution < -0.4 is 22.1 Å². The molecule has 0 bridgehead atoms. The highest BCUT2D eigenvalue weighted by atomic mass is 16.8. The second-order valence-corrected chi connectivity index (χ2v) is 10.2. The summed E-state index contributed by atoms with van der Waals surface area (Å²) in [7, 11) is 0. The molecule has 1 amide bonds. The zero-order valence-corrected chi connectivity index (χ0v) is 21.8. The average Bonchev–Trinajstić information content (AvgIpc) is 3.50. The number of aliphatic imine (C=N–C) groups is 1. The standard InChI is InChI=1S/C26H38N6O6/c1-26(2)37-22-19(12-21(33)29-11-9-15-13-31-17-7-4-3-6-16(15)17)36-20(23(22)38-26)14-32-18(24(34)35)8-5-10-30-25(27)28/h3-4,6-7,13,18-20,22-23,31-32H,5,8-12,14H2,1-2H3,(H,29,33)(H,34,35)(H4,27,28,30)/t18-,19+,20-,22-,23+/m0/s1. The highest BCUT2D eigenvalue weighted by Crippen LogP contribution is 2.39. The van der Waals surface area contributed by atoms with E-state index in [1.807, 2.05) is 38.2 Å². The van der Waals surface area contributed by atoms with Crippen molar-refractivity contribution in [3.05, 3.63) is 36.0 Å². The molecule has 5 atom stereocenters. The second-order valence-electron chi connectivity index (χ2n) is 10.2. The van der Waals surface area contributed by atoms with E-state index >= 15 is 0 Å². The number of carboxylic acids is 1. The molecule has 1 aromatic carbocycles. The Morgan fingerprint density at radius 2 is 1.92 bits per heavy atom. The number of nitrogens with one attached hydrogen (secondary N) is 3. The molecule has 2 saturated heterocycles. The molecule has 8 N–H and O–H groups in total. The number of hydrogen-bond donors (Lipinski definition) is 6. The van der Waals surface area contributed by atoms with Gasteiger partial charge in [-0.25, -0.2) is 0 Å². The number of benzene rings is 1. The Labute approximate surface area is 221 Å². The van der Waals surface area contributed by atoms with Gasteiger partial charge in [-0.2, -0.15) is 0 Å². The smallest absolute Gasteiger partial charge is 0.320 e. The summed E-state index contributed by atoms with van der Waals surface area (Å²) in [6.45, 7) is 4.71. The van der Waals surface area contributed by atoms with Crippen molar-refractivity contribution in [3.63, 3.8) is 0 Å². The predicted octanol–water partition coefficient (Wildman–Crippen LogP) is 0.601. The summed E-state index contributed by atoms with van der Waals surface area (Å²) in [5.41, 5.74) is 12.9. The number of rotatable bonds is 13. The lowest BCUT2D eigenvalue weighted by atomic mass is 10.0. The molecule has 208 valence electrons. The Balaban J connectivity index is 1.29. The SMILES string of the molecule is CC1(C)O[C@@H]2[C@H](O1)[C@H](CN[C@@H](CCCN=C(N)N)C(=O)O)O[C@@H]2CC(=O)NCCc1c[nH]c2ccccc12. The minimum atomic E-state index is -0.973. The summed E-state index contributed by atoms with van der Waals surface area (Å²) in [4.78, 5) is 31.6. The minimum absolute atomic E-state index is 0.0238. The van der Waals surface area contributed by atoms with Crippen LogP contribution in [0.15, 0.2) is 35.5 Å². The van der Waals surface area contributed by atoms with Gasteiger partial charge in [0.2, 0.25) is 5.91 Å². The molecule has 2 aliphatic heterocycles. The number of fused-ring (bicyclic) bond motifs is 2. The number of aromatic nitrogens is 1. The number of aromatic amines is 1. The highest BCUT2D eigenvalue weighted by molar-refractivity contribution is 5.83. The molecule has 0 saturated carbocycles. The van der Waals surface area contributed by atoms with Gasteiger partial charge in [-0.3, -0.25) is 14.6 Å². The van der Waals surface area contributed by atoms with Crippen LogP contribution >= 0.6 is 0 Å². The third-order valence-electron chi connectivity index (χ3n) is 6.83. The number of aliphatic carboxylic acids is 1. The van der Waals surface area contributed by atoms with E-state index in [0.29, 0.717) is 32.4 Å². The first-order chi connectivity index (χ1) is 18.1. The summed E-state index contributed by atoms with van der Waals surface area (Å²) in [6, 6.07) is 7.26. The molecule has 0 radical (unpaired) electrons. The molecule has 4 rings (SSSR count). The maximum Gasteiger partial charge on any atom is 0.320 e. The number of para-hydroxylation sites is 1. The topological polar surface area (TPSA) is 186 Å². The molecule has 3 heterocycles. The van der Waals surface area contributed by atoms with Gasteiger partial charge < -0.3 is 46.4 Å². The Kier molecular flexibility index (Phi) is 8.87. The van der Waals surface area contributed by atoms with Crippen LogP contribution in [0.25, 0.3) is 10.9 Å². The van der Waals surface area contributed by atoms with Crippen molar-refractivity contribution in [1.82, 2.24) is 15.6 Å². The number of carboxylic acid groups (broad SMARTS) is 1. The number of guanidine groups is 1. The van der Waals surface area contributed by atoms with Gasteiger partial charge in [-0.05, 0) is 44.7 Å². The minimum Gasteiger partial charge on any atom is -0.480 e. The molecule has 0 aliphatic carbocycles. The quantitative estimate of drug-likeness (QED) is 0.122. The molecule has 38 heavy (non-hydrogen) atoms. The van der Waals surface area contributed by atoms with Crippen molar-refractivity contribution >= 4 is 28.7 Å². The van der Waals surface area contributed by atoms with E-state index < -0.39 is 42.2 Å². The molecule has 1 aromatic heterocycles. The summed E-state index contributed by atoms with van der Waals surface area (Å²) >= 11 is 0. The molecule has 2 aliphatic rings. The first-order valence-electron chi connectivity index (χ1n) is 13.0. The number of H-pyrrole nitrogens is 1. The Hall–Kier alpha value is -3.19. The molecular weight excluding hydrogens is 492 g/mol. The van der Waals surface area contributed by atoms with Crippen molar-refractivity contribution in [2.45, 2.75) is 75.8 Å². The zero-order valence-electron chi connectivity index (χ0n) is 21.8. The molecule has 0 spiro atoms. The van der Waals surface area contributed by atoms with Crippen molar-refractivity contribution in [2.24, 2.45) is 16.5 Å². The molecule has 2 aromatic rings. The van der Waals surface area contributed by atoms with E-state index in [-0.39, 0.29) is 24.8 Å². The molecule has 12 nitrogen and oxygen atoms in total. The van der Waals surface area contributed by atoms with Crippen LogP contribution in [0.5, 0.6) is 0 Å². The monoisotopic (exact) mass is 530 g/mol. The maximum absolute atomic E-state index is 12.8.